The van der Waals surface area contributed by atoms with Crippen molar-refractivity contribution in [2.45, 2.75) is 69.9 Å². The van der Waals surface area contributed by atoms with Crippen molar-refractivity contribution >= 4 is 5.97 Å². The van der Waals surface area contributed by atoms with Crippen LogP contribution in [0.2, 0.25) is 0 Å². The third-order valence-electron chi connectivity index (χ3n) is 5.83. The molecule has 0 aromatic carbocycles. The predicted octanol–water partition coefficient (Wildman–Crippen LogP) is 2.43. The number of ether oxygens (including phenoxy) is 2. The second-order valence-electron chi connectivity index (χ2n) is 7.59. The molecule has 0 aromatic rings. The van der Waals surface area contributed by atoms with Gasteiger partial charge in [0.25, 0.3) is 0 Å². The Bertz CT molecular complexity index is 620. The van der Waals surface area contributed by atoms with E-state index in [9.17, 15) is 15.0 Å². The molecule has 3 rings (SSSR count). The molecule has 0 amide bonds. The molecule has 25 heavy (non-hydrogen) atoms. The molecule has 2 aliphatic heterocycles. The molecular formula is C20H28O5. The van der Waals surface area contributed by atoms with E-state index in [1.807, 2.05) is 13.0 Å². The van der Waals surface area contributed by atoms with E-state index in [1.165, 1.54) is 5.57 Å². The molecule has 0 bridgehead atoms. The van der Waals surface area contributed by atoms with Gasteiger partial charge in [-0.15, -0.1) is 0 Å². The Labute approximate surface area is 149 Å². The molecule has 138 valence electrons. The molecule has 1 unspecified atom stereocenters. The fourth-order valence-electron chi connectivity index (χ4n) is 3.95. The van der Waals surface area contributed by atoms with Crippen molar-refractivity contribution in [1.82, 2.24) is 0 Å². The van der Waals surface area contributed by atoms with Gasteiger partial charge in [-0.3, -0.25) is 0 Å². The molecular weight excluding hydrogens is 320 g/mol. The molecule has 1 aliphatic carbocycles. The molecule has 5 atom stereocenters. The highest BCUT2D eigenvalue weighted by Gasteiger charge is 2.58. The summed E-state index contributed by atoms with van der Waals surface area (Å²) in [6, 6.07) is 0. The van der Waals surface area contributed by atoms with Gasteiger partial charge in [0.15, 0.2) is 0 Å². The summed E-state index contributed by atoms with van der Waals surface area (Å²) in [5, 5.41) is 20.5. The minimum Gasteiger partial charge on any atom is -0.455 e. The summed E-state index contributed by atoms with van der Waals surface area (Å²) in [4.78, 5) is 12.0. The Balaban J connectivity index is 1.86. The average Bonchev–Trinajstić information content (AvgIpc) is 3.20. The van der Waals surface area contributed by atoms with Crippen molar-refractivity contribution in [2.24, 2.45) is 5.92 Å². The first-order valence-corrected chi connectivity index (χ1v) is 9.07. The fourth-order valence-corrected chi connectivity index (χ4v) is 3.95. The number of rotatable bonds is 1. The molecule has 0 saturated carbocycles. The zero-order chi connectivity index (χ0) is 18.2. The zero-order valence-electron chi connectivity index (χ0n) is 15.0. The average molecular weight is 348 g/mol. The molecule has 2 heterocycles. The third kappa shape index (κ3) is 3.59. The van der Waals surface area contributed by atoms with Crippen LogP contribution in [0.5, 0.6) is 0 Å². The maximum absolute atomic E-state index is 12.0. The topological polar surface area (TPSA) is 79.3 Å². The van der Waals surface area contributed by atoms with Crippen molar-refractivity contribution in [2.75, 3.05) is 6.61 Å². The first-order chi connectivity index (χ1) is 11.9. The van der Waals surface area contributed by atoms with Crippen molar-refractivity contribution in [3.63, 3.8) is 0 Å². The number of aliphatic hydroxyl groups is 2. The van der Waals surface area contributed by atoms with Crippen LogP contribution in [0.25, 0.3) is 0 Å². The lowest BCUT2D eigenvalue weighted by atomic mass is 9.84. The second-order valence-corrected chi connectivity index (χ2v) is 7.59. The van der Waals surface area contributed by atoms with Crippen LogP contribution in [0.3, 0.4) is 0 Å². The maximum Gasteiger partial charge on any atom is 0.334 e. The van der Waals surface area contributed by atoms with Crippen LogP contribution in [0, 0.1) is 5.92 Å². The molecule has 5 heteroatoms. The number of aliphatic hydroxyl groups excluding tert-OH is 2. The van der Waals surface area contributed by atoms with Crippen molar-refractivity contribution < 1.29 is 24.5 Å². The molecule has 0 aromatic heterocycles. The molecule has 2 saturated heterocycles. The number of hydrogen-bond acceptors (Lipinski definition) is 5. The molecule has 0 radical (unpaired) electrons. The standard InChI is InChI=1S/C20H28O5/c1-12-6-4-8-13(2)17(22)18-15(14(3)19(23)24-18)10-16-20(11-21,25-16)9-5-7-12/h7-8,15-18,21-22H,3-6,9-11H2,1-2H3/b12-7+,13-8+/t15?,16-,17-,18-,20+/m0/s1. The van der Waals surface area contributed by atoms with Gasteiger partial charge in [0.1, 0.15) is 17.8 Å². The van der Waals surface area contributed by atoms with Crippen LogP contribution < -0.4 is 0 Å². The van der Waals surface area contributed by atoms with Crippen LogP contribution in [0.1, 0.15) is 46.0 Å². The van der Waals surface area contributed by atoms with Crippen LogP contribution in [0.15, 0.2) is 35.5 Å². The van der Waals surface area contributed by atoms with Crippen molar-refractivity contribution in [1.29, 1.82) is 0 Å². The van der Waals surface area contributed by atoms with Gasteiger partial charge in [-0.25, -0.2) is 4.79 Å². The molecule has 5 nitrogen and oxygen atoms in total. The monoisotopic (exact) mass is 348 g/mol. The van der Waals surface area contributed by atoms with Gasteiger partial charge in [0.05, 0.1) is 12.7 Å². The number of allylic oxidation sites excluding steroid dienone is 3. The maximum atomic E-state index is 12.0. The first-order valence-electron chi connectivity index (χ1n) is 9.07. The van der Waals surface area contributed by atoms with E-state index in [0.717, 1.165) is 31.3 Å². The minimum absolute atomic E-state index is 0.0370. The largest absolute Gasteiger partial charge is 0.455 e. The first kappa shape index (κ1) is 18.4. The summed E-state index contributed by atoms with van der Waals surface area (Å²) < 4.78 is 11.3. The zero-order valence-corrected chi connectivity index (χ0v) is 15.0. The Morgan fingerprint density at radius 3 is 2.80 bits per heavy atom. The van der Waals surface area contributed by atoms with E-state index >= 15 is 0 Å². The fraction of sp³-hybridized carbons (Fsp3) is 0.650. The lowest BCUT2D eigenvalue weighted by Gasteiger charge is -2.24. The summed E-state index contributed by atoms with van der Waals surface area (Å²) in [5.74, 6) is -0.733. The summed E-state index contributed by atoms with van der Waals surface area (Å²) in [7, 11) is 0. The SMILES string of the molecule is C=C1C(=O)O[C@H]2C1C[C@@H]1O[C@@]1(CO)CC/C=C(\C)CC/C=C(\C)[C@@H]2O. The molecule has 0 spiro atoms. The normalized spacial score (nSPS) is 43.7. The van der Waals surface area contributed by atoms with E-state index in [4.69, 9.17) is 9.47 Å². The van der Waals surface area contributed by atoms with Gasteiger partial charge in [0, 0.05) is 11.5 Å². The van der Waals surface area contributed by atoms with Gasteiger partial charge in [-0.2, -0.15) is 0 Å². The summed E-state index contributed by atoms with van der Waals surface area (Å²) >= 11 is 0. The molecule has 3 aliphatic rings. The van der Waals surface area contributed by atoms with E-state index in [2.05, 4.69) is 19.6 Å². The van der Waals surface area contributed by atoms with Gasteiger partial charge in [-0.05, 0) is 51.5 Å². The number of epoxide rings is 1. The highest BCUT2D eigenvalue weighted by Crippen LogP contribution is 2.47. The smallest absolute Gasteiger partial charge is 0.334 e. The van der Waals surface area contributed by atoms with Crippen LogP contribution in [-0.2, 0) is 14.3 Å². The molecule has 2 N–H and O–H groups in total. The van der Waals surface area contributed by atoms with E-state index in [1.54, 1.807) is 0 Å². The van der Waals surface area contributed by atoms with E-state index in [-0.39, 0.29) is 18.6 Å². The van der Waals surface area contributed by atoms with Gasteiger partial charge in [-0.1, -0.05) is 24.3 Å². The summed E-state index contributed by atoms with van der Waals surface area (Å²) in [6.07, 6.45) is 6.51. The Morgan fingerprint density at radius 1 is 1.32 bits per heavy atom. The Morgan fingerprint density at radius 2 is 2.08 bits per heavy atom. The Kier molecular flexibility index (Phi) is 5.19. The lowest BCUT2D eigenvalue weighted by molar-refractivity contribution is -0.142. The quantitative estimate of drug-likeness (QED) is 0.329. The third-order valence-corrected chi connectivity index (χ3v) is 5.83. The van der Waals surface area contributed by atoms with Crippen LogP contribution in [0.4, 0.5) is 0 Å². The number of hydrogen-bond donors (Lipinski definition) is 2. The van der Waals surface area contributed by atoms with Crippen LogP contribution in [-0.4, -0.2) is 46.7 Å². The van der Waals surface area contributed by atoms with Gasteiger partial charge in [0.2, 0.25) is 0 Å². The van der Waals surface area contributed by atoms with E-state index < -0.39 is 23.8 Å². The van der Waals surface area contributed by atoms with Crippen molar-refractivity contribution in [3.8, 4) is 0 Å². The highest BCUT2D eigenvalue weighted by molar-refractivity contribution is 5.91. The van der Waals surface area contributed by atoms with Crippen molar-refractivity contribution in [3.05, 3.63) is 35.5 Å². The number of carbonyl (C=O) groups is 1. The van der Waals surface area contributed by atoms with E-state index in [0.29, 0.717) is 12.0 Å². The Hall–Kier alpha value is -1.43. The number of esters is 1. The number of carbonyl (C=O) groups excluding carboxylic acids is 1. The second kappa shape index (κ2) is 7.06. The van der Waals surface area contributed by atoms with Gasteiger partial charge >= 0.3 is 5.97 Å². The predicted molar refractivity (Wildman–Crippen MR) is 93.8 cm³/mol. The lowest BCUT2D eigenvalue weighted by Crippen LogP contribution is -2.34. The van der Waals surface area contributed by atoms with Gasteiger partial charge < -0.3 is 19.7 Å². The number of fused-ring (bicyclic) bond motifs is 2. The minimum atomic E-state index is -0.845. The molecule has 2 fully saturated rings. The summed E-state index contributed by atoms with van der Waals surface area (Å²) in [6.45, 7) is 7.79. The summed E-state index contributed by atoms with van der Waals surface area (Å²) in [5.41, 5.74) is 1.96. The highest BCUT2D eigenvalue weighted by atomic mass is 16.6. The van der Waals surface area contributed by atoms with Crippen LogP contribution >= 0.6 is 0 Å².